The van der Waals surface area contributed by atoms with Crippen molar-refractivity contribution in [2.75, 3.05) is 14.2 Å². The summed E-state index contributed by atoms with van der Waals surface area (Å²) < 4.78 is 11.8. The third kappa shape index (κ3) is 3.74. The molecule has 0 fully saturated rings. The van der Waals surface area contributed by atoms with Crippen LogP contribution in [0.25, 0.3) is 0 Å². The summed E-state index contributed by atoms with van der Waals surface area (Å²) in [6.45, 7) is 2.72. The van der Waals surface area contributed by atoms with Gasteiger partial charge in [-0.2, -0.15) is 0 Å². The SMILES string of the molecule is COc1ccnc(CN[C@H](C)c2ccccc2Br)c1OC. The van der Waals surface area contributed by atoms with Crippen molar-refractivity contribution < 1.29 is 9.47 Å². The van der Waals surface area contributed by atoms with E-state index in [2.05, 4.69) is 39.2 Å². The van der Waals surface area contributed by atoms with Crippen molar-refractivity contribution in [2.45, 2.75) is 19.5 Å². The van der Waals surface area contributed by atoms with Crippen molar-refractivity contribution >= 4 is 15.9 Å². The highest BCUT2D eigenvalue weighted by molar-refractivity contribution is 9.10. The monoisotopic (exact) mass is 350 g/mol. The molecule has 2 rings (SSSR count). The molecule has 1 aromatic carbocycles. The number of halogens is 1. The van der Waals surface area contributed by atoms with Crippen LogP contribution in [0.2, 0.25) is 0 Å². The number of aromatic nitrogens is 1. The Balaban J connectivity index is 2.11. The molecular formula is C16H19BrN2O2. The molecule has 21 heavy (non-hydrogen) atoms. The molecule has 1 atom stereocenters. The van der Waals surface area contributed by atoms with Gasteiger partial charge in [0, 0.05) is 29.3 Å². The predicted octanol–water partition coefficient (Wildman–Crippen LogP) is 3.71. The van der Waals surface area contributed by atoms with E-state index in [1.165, 1.54) is 5.56 Å². The van der Waals surface area contributed by atoms with E-state index in [4.69, 9.17) is 9.47 Å². The van der Waals surface area contributed by atoms with Crippen molar-refractivity contribution in [3.63, 3.8) is 0 Å². The lowest BCUT2D eigenvalue weighted by Gasteiger charge is -2.17. The molecule has 0 aliphatic rings. The summed E-state index contributed by atoms with van der Waals surface area (Å²) in [6.07, 6.45) is 1.72. The van der Waals surface area contributed by atoms with Gasteiger partial charge in [-0.15, -0.1) is 0 Å². The molecule has 5 heteroatoms. The summed E-state index contributed by atoms with van der Waals surface area (Å²) in [5.74, 6) is 1.37. The standard InChI is InChI=1S/C16H19BrN2O2/c1-11(12-6-4-5-7-13(12)17)19-10-14-16(21-3)15(20-2)8-9-18-14/h4-9,11,19H,10H2,1-3H3/t11-/m1/s1. The van der Waals surface area contributed by atoms with Crippen LogP contribution in [0.3, 0.4) is 0 Å². The molecule has 1 N–H and O–H groups in total. The van der Waals surface area contributed by atoms with Crippen molar-refractivity contribution in [3.05, 3.63) is 52.3 Å². The number of hydrogen-bond donors (Lipinski definition) is 1. The summed E-state index contributed by atoms with van der Waals surface area (Å²) in [5, 5.41) is 3.45. The second-order valence-electron chi connectivity index (χ2n) is 4.62. The second kappa shape index (κ2) is 7.43. The summed E-state index contributed by atoms with van der Waals surface area (Å²) in [4.78, 5) is 4.37. The minimum absolute atomic E-state index is 0.193. The zero-order valence-electron chi connectivity index (χ0n) is 12.4. The number of pyridine rings is 1. The Hall–Kier alpha value is -1.59. The van der Waals surface area contributed by atoms with E-state index in [0.717, 1.165) is 10.2 Å². The van der Waals surface area contributed by atoms with Crippen molar-refractivity contribution in [2.24, 2.45) is 0 Å². The molecule has 112 valence electrons. The number of benzene rings is 1. The van der Waals surface area contributed by atoms with Crippen molar-refractivity contribution in [1.29, 1.82) is 0 Å². The van der Waals surface area contributed by atoms with Gasteiger partial charge in [-0.1, -0.05) is 34.1 Å². The molecular weight excluding hydrogens is 332 g/mol. The minimum Gasteiger partial charge on any atom is -0.493 e. The maximum absolute atomic E-state index is 5.39. The predicted molar refractivity (Wildman–Crippen MR) is 86.7 cm³/mol. The lowest BCUT2D eigenvalue weighted by Crippen LogP contribution is -2.19. The van der Waals surface area contributed by atoms with Crippen LogP contribution in [0.5, 0.6) is 11.5 Å². The van der Waals surface area contributed by atoms with Crippen LogP contribution in [-0.2, 0) is 6.54 Å². The second-order valence-corrected chi connectivity index (χ2v) is 5.47. The Morgan fingerprint density at radius 2 is 1.95 bits per heavy atom. The molecule has 0 aliphatic carbocycles. The van der Waals surface area contributed by atoms with Gasteiger partial charge in [0.1, 0.15) is 0 Å². The van der Waals surface area contributed by atoms with E-state index >= 15 is 0 Å². The highest BCUT2D eigenvalue weighted by Gasteiger charge is 2.13. The first-order chi connectivity index (χ1) is 10.2. The van der Waals surface area contributed by atoms with Gasteiger partial charge in [0.2, 0.25) is 0 Å². The quantitative estimate of drug-likeness (QED) is 0.862. The number of methoxy groups -OCH3 is 2. The molecule has 1 aromatic heterocycles. The van der Waals surface area contributed by atoms with Crippen LogP contribution in [0.4, 0.5) is 0 Å². The topological polar surface area (TPSA) is 43.4 Å². The molecule has 0 amide bonds. The average Bonchev–Trinajstić information content (AvgIpc) is 2.52. The van der Waals surface area contributed by atoms with Crippen LogP contribution < -0.4 is 14.8 Å². The molecule has 1 heterocycles. The van der Waals surface area contributed by atoms with E-state index in [-0.39, 0.29) is 6.04 Å². The average molecular weight is 351 g/mol. The molecule has 0 bridgehead atoms. The number of nitrogens with zero attached hydrogens (tertiary/aromatic N) is 1. The van der Waals surface area contributed by atoms with Crippen LogP contribution in [-0.4, -0.2) is 19.2 Å². The normalized spacial score (nSPS) is 12.0. The molecule has 0 spiro atoms. The van der Waals surface area contributed by atoms with Gasteiger partial charge in [0.15, 0.2) is 11.5 Å². The Morgan fingerprint density at radius 1 is 1.19 bits per heavy atom. The number of rotatable bonds is 6. The maximum atomic E-state index is 5.39. The lowest BCUT2D eigenvalue weighted by molar-refractivity contribution is 0.347. The highest BCUT2D eigenvalue weighted by atomic mass is 79.9. The first kappa shape index (κ1) is 15.8. The van der Waals surface area contributed by atoms with Gasteiger partial charge < -0.3 is 14.8 Å². The smallest absolute Gasteiger partial charge is 0.183 e. The zero-order chi connectivity index (χ0) is 15.2. The van der Waals surface area contributed by atoms with E-state index in [1.807, 2.05) is 18.2 Å². The van der Waals surface area contributed by atoms with Crippen LogP contribution in [0.1, 0.15) is 24.2 Å². The Morgan fingerprint density at radius 3 is 2.62 bits per heavy atom. The highest BCUT2D eigenvalue weighted by Crippen LogP contribution is 2.29. The maximum Gasteiger partial charge on any atom is 0.183 e. The van der Waals surface area contributed by atoms with Crippen LogP contribution in [0, 0.1) is 0 Å². The van der Waals surface area contributed by atoms with E-state index in [0.29, 0.717) is 18.0 Å². The summed E-state index contributed by atoms with van der Waals surface area (Å²) in [7, 11) is 3.25. The minimum atomic E-state index is 0.193. The van der Waals surface area contributed by atoms with Gasteiger partial charge >= 0.3 is 0 Å². The van der Waals surface area contributed by atoms with Crippen molar-refractivity contribution in [1.82, 2.24) is 10.3 Å². The van der Waals surface area contributed by atoms with Gasteiger partial charge in [-0.05, 0) is 18.6 Å². The van der Waals surface area contributed by atoms with Crippen LogP contribution >= 0.6 is 15.9 Å². The Bertz CT molecular complexity index is 605. The van der Waals surface area contributed by atoms with E-state index in [1.54, 1.807) is 26.5 Å². The number of nitrogens with one attached hydrogen (secondary N) is 1. The number of ether oxygens (including phenoxy) is 2. The van der Waals surface area contributed by atoms with Gasteiger partial charge in [-0.25, -0.2) is 0 Å². The lowest BCUT2D eigenvalue weighted by atomic mass is 10.1. The van der Waals surface area contributed by atoms with Gasteiger partial charge in [0.05, 0.1) is 19.9 Å². The van der Waals surface area contributed by atoms with Gasteiger partial charge in [0.25, 0.3) is 0 Å². The molecule has 0 saturated heterocycles. The molecule has 0 radical (unpaired) electrons. The third-order valence-corrected chi connectivity index (χ3v) is 4.04. The third-order valence-electron chi connectivity index (χ3n) is 3.31. The van der Waals surface area contributed by atoms with Gasteiger partial charge in [-0.3, -0.25) is 4.98 Å². The fourth-order valence-electron chi connectivity index (χ4n) is 2.16. The summed E-state index contributed by atoms with van der Waals surface area (Å²) >= 11 is 3.57. The summed E-state index contributed by atoms with van der Waals surface area (Å²) in [5.41, 5.74) is 2.04. The number of hydrogen-bond acceptors (Lipinski definition) is 4. The molecule has 0 saturated carbocycles. The van der Waals surface area contributed by atoms with E-state index in [9.17, 15) is 0 Å². The van der Waals surface area contributed by atoms with Crippen LogP contribution in [0.15, 0.2) is 41.0 Å². The molecule has 2 aromatic rings. The van der Waals surface area contributed by atoms with Crippen molar-refractivity contribution in [3.8, 4) is 11.5 Å². The first-order valence-corrected chi connectivity index (χ1v) is 7.50. The Kier molecular flexibility index (Phi) is 5.59. The molecule has 0 unspecified atom stereocenters. The first-order valence-electron chi connectivity index (χ1n) is 6.71. The summed E-state index contributed by atoms with van der Waals surface area (Å²) in [6, 6.07) is 10.2. The fraction of sp³-hybridized carbons (Fsp3) is 0.312. The Labute approximate surface area is 133 Å². The molecule has 0 aliphatic heterocycles. The zero-order valence-corrected chi connectivity index (χ0v) is 14.0. The molecule has 4 nitrogen and oxygen atoms in total. The fourth-order valence-corrected chi connectivity index (χ4v) is 2.79. The largest absolute Gasteiger partial charge is 0.493 e. The van der Waals surface area contributed by atoms with E-state index < -0.39 is 0 Å².